The lowest BCUT2D eigenvalue weighted by atomic mass is 9.92. The molecule has 9 rings (SSSR count). The van der Waals surface area contributed by atoms with Crippen molar-refractivity contribution in [3.05, 3.63) is 180 Å². The number of hydrogen-bond acceptors (Lipinski definition) is 0. The van der Waals surface area contributed by atoms with Crippen LogP contribution in [-0.2, 0) is 12.8 Å². The fraction of sp³-hybridized carbons (Fsp3) is 0.0455. The van der Waals surface area contributed by atoms with Crippen molar-refractivity contribution in [3.8, 4) is 66.8 Å². The second kappa shape index (κ2) is 10.1. The Kier molecular flexibility index (Phi) is 5.74. The number of fused-ring (bicyclic) bond motifs is 6. The molecule has 0 fully saturated rings. The largest absolute Gasteiger partial charge is 0.0622 e. The molecule has 0 aromatic heterocycles. The highest BCUT2D eigenvalue weighted by atomic mass is 14.3. The molecule has 0 aliphatic heterocycles. The summed E-state index contributed by atoms with van der Waals surface area (Å²) in [4.78, 5) is 0. The van der Waals surface area contributed by atoms with Gasteiger partial charge in [0.05, 0.1) is 0 Å². The van der Waals surface area contributed by atoms with Gasteiger partial charge in [-0.25, -0.2) is 0 Å². The van der Waals surface area contributed by atoms with Gasteiger partial charge in [0.15, 0.2) is 0 Å². The van der Waals surface area contributed by atoms with Crippen molar-refractivity contribution in [2.24, 2.45) is 0 Å². The quantitative estimate of drug-likeness (QED) is 0.201. The Morgan fingerprint density at radius 2 is 0.727 bits per heavy atom. The first-order valence-corrected chi connectivity index (χ1v) is 15.5. The maximum absolute atomic E-state index is 2.42. The van der Waals surface area contributed by atoms with E-state index in [9.17, 15) is 0 Å². The molecule has 206 valence electrons. The summed E-state index contributed by atoms with van der Waals surface area (Å²) in [5, 5.41) is 0. The molecule has 0 spiro atoms. The molecule has 0 nitrogen and oxygen atoms in total. The second-order valence-electron chi connectivity index (χ2n) is 12.1. The lowest BCUT2D eigenvalue weighted by Gasteiger charge is -2.12. The van der Waals surface area contributed by atoms with Crippen LogP contribution in [-0.4, -0.2) is 0 Å². The van der Waals surface area contributed by atoms with Crippen LogP contribution in [0.2, 0.25) is 0 Å². The standard InChI is InChI=1S/C44H30/c1-2-9-29(10-3-1)30-19-21-31(22-20-30)32-12-6-13-34(25-32)38-15-7-17-40-41-18-8-16-39(44(41)28-43(38)40)36-24-23-35-26-33-11-4-5-14-37(33)42(35)27-36/h1-25,27H,26,28H2. The highest BCUT2D eigenvalue weighted by Gasteiger charge is 2.25. The van der Waals surface area contributed by atoms with E-state index < -0.39 is 0 Å². The topological polar surface area (TPSA) is 0 Å². The highest BCUT2D eigenvalue weighted by molar-refractivity contribution is 5.91. The summed E-state index contributed by atoms with van der Waals surface area (Å²) in [6.07, 6.45) is 1.98. The molecule has 0 radical (unpaired) electrons. The van der Waals surface area contributed by atoms with Gasteiger partial charge in [0.25, 0.3) is 0 Å². The highest BCUT2D eigenvalue weighted by Crippen LogP contribution is 2.47. The minimum absolute atomic E-state index is 0.945. The van der Waals surface area contributed by atoms with Gasteiger partial charge < -0.3 is 0 Å². The third-order valence-corrected chi connectivity index (χ3v) is 9.60. The number of rotatable bonds is 4. The van der Waals surface area contributed by atoms with Crippen molar-refractivity contribution < 1.29 is 0 Å². The average Bonchev–Trinajstić information content (AvgIpc) is 3.67. The summed E-state index contributed by atoms with van der Waals surface area (Å²) in [5.74, 6) is 0. The van der Waals surface area contributed by atoms with E-state index in [0.717, 1.165) is 12.8 Å². The minimum Gasteiger partial charge on any atom is -0.0622 e. The van der Waals surface area contributed by atoms with E-state index in [4.69, 9.17) is 0 Å². The van der Waals surface area contributed by atoms with Crippen LogP contribution in [0.1, 0.15) is 22.3 Å². The van der Waals surface area contributed by atoms with Gasteiger partial charge in [0.2, 0.25) is 0 Å². The van der Waals surface area contributed by atoms with Gasteiger partial charge in [-0.3, -0.25) is 0 Å². The van der Waals surface area contributed by atoms with E-state index in [1.54, 1.807) is 0 Å². The van der Waals surface area contributed by atoms with Crippen molar-refractivity contribution in [2.45, 2.75) is 12.8 Å². The third kappa shape index (κ3) is 4.07. The van der Waals surface area contributed by atoms with Gasteiger partial charge in [0, 0.05) is 0 Å². The van der Waals surface area contributed by atoms with Gasteiger partial charge in [-0.15, -0.1) is 0 Å². The third-order valence-electron chi connectivity index (χ3n) is 9.60. The predicted molar refractivity (Wildman–Crippen MR) is 185 cm³/mol. The molecule has 0 unspecified atom stereocenters. The van der Waals surface area contributed by atoms with E-state index in [2.05, 4.69) is 158 Å². The Balaban J connectivity index is 1.07. The van der Waals surface area contributed by atoms with Crippen LogP contribution >= 0.6 is 0 Å². The van der Waals surface area contributed by atoms with Crippen LogP contribution in [0.25, 0.3) is 66.8 Å². The molecule has 7 aromatic carbocycles. The summed E-state index contributed by atoms with van der Waals surface area (Å²) in [6.45, 7) is 0. The molecular formula is C44H30. The Labute approximate surface area is 258 Å². The second-order valence-corrected chi connectivity index (χ2v) is 12.1. The summed E-state index contributed by atoms with van der Waals surface area (Å²) < 4.78 is 0. The Morgan fingerprint density at radius 3 is 1.48 bits per heavy atom. The Hall–Kier alpha value is -5.46. The fourth-order valence-corrected chi connectivity index (χ4v) is 7.42. The summed E-state index contributed by atoms with van der Waals surface area (Å²) >= 11 is 0. The molecule has 2 aliphatic carbocycles. The molecule has 0 heteroatoms. The molecule has 0 bridgehead atoms. The molecule has 0 N–H and O–H groups in total. The lowest BCUT2D eigenvalue weighted by molar-refractivity contribution is 1.25. The van der Waals surface area contributed by atoms with E-state index >= 15 is 0 Å². The van der Waals surface area contributed by atoms with Crippen molar-refractivity contribution in [1.29, 1.82) is 0 Å². The molecular weight excluding hydrogens is 528 g/mol. The lowest BCUT2D eigenvalue weighted by Crippen LogP contribution is -1.91. The van der Waals surface area contributed by atoms with Crippen molar-refractivity contribution in [2.75, 3.05) is 0 Å². The first kappa shape index (κ1) is 25.1. The zero-order chi connectivity index (χ0) is 29.0. The SMILES string of the molecule is c1ccc(-c2ccc(-c3cccc(-c4cccc5c4Cc4c(-c6ccc7c(c6)-c6ccccc6C7)cccc4-5)c3)cc2)cc1. The van der Waals surface area contributed by atoms with Gasteiger partial charge in [-0.2, -0.15) is 0 Å². The first-order valence-electron chi connectivity index (χ1n) is 15.5. The van der Waals surface area contributed by atoms with Crippen LogP contribution in [0.15, 0.2) is 158 Å². The maximum Gasteiger partial charge on any atom is -0.000112 e. The van der Waals surface area contributed by atoms with E-state index in [1.165, 1.54) is 89.0 Å². The Bertz CT molecular complexity index is 2200. The van der Waals surface area contributed by atoms with Crippen LogP contribution < -0.4 is 0 Å². The molecule has 2 aliphatic rings. The van der Waals surface area contributed by atoms with E-state index in [-0.39, 0.29) is 0 Å². The molecule has 0 amide bonds. The summed E-state index contributed by atoms with van der Waals surface area (Å²) in [5.41, 5.74) is 21.5. The molecule has 0 heterocycles. The van der Waals surface area contributed by atoms with Crippen LogP contribution in [0.3, 0.4) is 0 Å². The molecule has 7 aromatic rings. The van der Waals surface area contributed by atoms with E-state index in [1.807, 2.05) is 0 Å². The fourth-order valence-electron chi connectivity index (χ4n) is 7.42. The van der Waals surface area contributed by atoms with Crippen LogP contribution in [0.5, 0.6) is 0 Å². The van der Waals surface area contributed by atoms with Crippen molar-refractivity contribution in [1.82, 2.24) is 0 Å². The van der Waals surface area contributed by atoms with Crippen LogP contribution in [0.4, 0.5) is 0 Å². The molecule has 44 heavy (non-hydrogen) atoms. The number of hydrogen-bond donors (Lipinski definition) is 0. The average molecular weight is 559 g/mol. The predicted octanol–water partition coefficient (Wildman–Crippen LogP) is 11.5. The smallest absolute Gasteiger partial charge is 0.000112 e. The van der Waals surface area contributed by atoms with Gasteiger partial charge >= 0.3 is 0 Å². The summed E-state index contributed by atoms with van der Waals surface area (Å²) in [6, 6.07) is 58.2. The minimum atomic E-state index is 0.945. The zero-order valence-electron chi connectivity index (χ0n) is 24.4. The van der Waals surface area contributed by atoms with Gasteiger partial charge in [-0.05, 0) is 114 Å². The van der Waals surface area contributed by atoms with E-state index in [0.29, 0.717) is 0 Å². The normalized spacial score (nSPS) is 12.4. The van der Waals surface area contributed by atoms with Crippen molar-refractivity contribution >= 4 is 0 Å². The molecule has 0 saturated heterocycles. The maximum atomic E-state index is 2.42. The van der Waals surface area contributed by atoms with Crippen molar-refractivity contribution in [3.63, 3.8) is 0 Å². The summed E-state index contributed by atoms with van der Waals surface area (Å²) in [7, 11) is 0. The molecule has 0 atom stereocenters. The Morgan fingerprint density at radius 1 is 0.250 bits per heavy atom. The van der Waals surface area contributed by atoms with Crippen LogP contribution in [0, 0.1) is 0 Å². The van der Waals surface area contributed by atoms with Gasteiger partial charge in [-0.1, -0.05) is 146 Å². The monoisotopic (exact) mass is 558 g/mol. The zero-order valence-corrected chi connectivity index (χ0v) is 24.4. The van der Waals surface area contributed by atoms with Gasteiger partial charge in [0.1, 0.15) is 0 Å². The number of benzene rings is 7. The molecule has 0 saturated carbocycles. The first-order chi connectivity index (χ1) is 21.8.